The van der Waals surface area contributed by atoms with Crippen LogP contribution in [0.4, 0.5) is 9.59 Å². The molecule has 2 aliphatic heterocycles. The number of carbonyl (C=O) groups excluding carboxylic acids is 4. The van der Waals surface area contributed by atoms with Crippen LogP contribution in [-0.4, -0.2) is 93.6 Å². The van der Waals surface area contributed by atoms with Crippen molar-refractivity contribution < 1.29 is 28.7 Å². The maximum Gasteiger partial charge on any atom is 0.407 e. The quantitative estimate of drug-likeness (QED) is 0.176. The monoisotopic (exact) mass is 720 g/mol. The normalized spacial score (nSPS) is 17.2. The van der Waals surface area contributed by atoms with Crippen LogP contribution in [0.2, 0.25) is 0 Å². The van der Waals surface area contributed by atoms with Crippen molar-refractivity contribution in [1.82, 2.24) is 40.4 Å². The standard InChI is InChI=1S/C39H44N8O6/c1-24(2)34(45-39(51)53-4)37(49)47-20-6-8-32(47)36-41-22-30(44-36)28-17-13-26(14-18-28)10-9-25-11-15-27(16-12-25)29-21-40-35(43-29)31-7-5-19-46(31)33(48)23-42-38(50)52-3/h11-18,21-22,24,31-32,34H,5-8,19-20,23H2,1-4H3,(H,40,43)(H,41,44)(H,42,50)(H,45,51). The minimum atomic E-state index is -0.688. The van der Waals surface area contributed by atoms with Crippen molar-refractivity contribution >= 4 is 24.0 Å². The molecule has 2 aromatic carbocycles. The molecule has 4 aromatic rings. The van der Waals surface area contributed by atoms with Gasteiger partial charge >= 0.3 is 12.2 Å². The molecule has 0 aliphatic carbocycles. The fourth-order valence-corrected chi connectivity index (χ4v) is 6.78. The first-order chi connectivity index (χ1) is 25.6. The third-order valence-corrected chi connectivity index (χ3v) is 9.64. The number of rotatable bonds is 9. The summed E-state index contributed by atoms with van der Waals surface area (Å²) in [6, 6.07) is 14.7. The number of hydrogen-bond acceptors (Lipinski definition) is 8. The van der Waals surface area contributed by atoms with Gasteiger partial charge in [-0.1, -0.05) is 50.0 Å². The van der Waals surface area contributed by atoms with Gasteiger partial charge in [-0.05, 0) is 67.0 Å². The first-order valence-electron chi connectivity index (χ1n) is 17.7. The first kappa shape index (κ1) is 36.7. The highest BCUT2D eigenvalue weighted by atomic mass is 16.5. The van der Waals surface area contributed by atoms with E-state index in [2.05, 4.69) is 47.1 Å². The Balaban J connectivity index is 1.06. The van der Waals surface area contributed by atoms with Crippen molar-refractivity contribution in [1.29, 1.82) is 0 Å². The molecule has 2 saturated heterocycles. The first-order valence-corrected chi connectivity index (χ1v) is 17.7. The van der Waals surface area contributed by atoms with E-state index in [1.165, 1.54) is 14.2 Å². The minimum Gasteiger partial charge on any atom is -0.453 e. The Morgan fingerprint density at radius 1 is 0.774 bits per heavy atom. The summed E-state index contributed by atoms with van der Waals surface area (Å²) in [4.78, 5) is 69.0. The van der Waals surface area contributed by atoms with Gasteiger partial charge in [0.05, 0.1) is 50.1 Å². The van der Waals surface area contributed by atoms with Gasteiger partial charge in [0.25, 0.3) is 0 Å². The Kier molecular flexibility index (Phi) is 11.4. The van der Waals surface area contributed by atoms with Crippen LogP contribution in [0.15, 0.2) is 60.9 Å². The number of nitrogens with zero attached hydrogens (tertiary/aromatic N) is 4. The lowest BCUT2D eigenvalue weighted by Gasteiger charge is -2.30. The predicted octanol–water partition coefficient (Wildman–Crippen LogP) is 4.93. The average molecular weight is 721 g/mol. The van der Waals surface area contributed by atoms with E-state index in [0.717, 1.165) is 59.3 Å². The van der Waals surface area contributed by atoms with E-state index in [1.807, 2.05) is 62.4 Å². The number of carbonyl (C=O) groups is 4. The van der Waals surface area contributed by atoms with E-state index in [4.69, 9.17) is 4.74 Å². The van der Waals surface area contributed by atoms with Crippen LogP contribution >= 0.6 is 0 Å². The van der Waals surface area contributed by atoms with Crippen LogP contribution in [0.5, 0.6) is 0 Å². The zero-order chi connectivity index (χ0) is 37.5. The number of imidazole rings is 2. The van der Waals surface area contributed by atoms with E-state index < -0.39 is 18.2 Å². The molecule has 0 saturated carbocycles. The molecule has 0 spiro atoms. The molecular weight excluding hydrogens is 676 g/mol. The Morgan fingerprint density at radius 2 is 1.26 bits per heavy atom. The highest BCUT2D eigenvalue weighted by Gasteiger charge is 2.37. The molecule has 0 bridgehead atoms. The third kappa shape index (κ3) is 8.52. The van der Waals surface area contributed by atoms with Crippen LogP contribution in [0.1, 0.15) is 74.4 Å². The SMILES string of the molecule is COC(=O)NCC(=O)N1CCCC1c1ncc(-c2ccc(C#Cc3ccc(-c4cnc(C5CCCN5C(=O)C(NC(=O)OC)C(C)C)[nH]4)cc3)cc2)[nH]1. The summed E-state index contributed by atoms with van der Waals surface area (Å²) < 4.78 is 9.30. The van der Waals surface area contributed by atoms with E-state index in [9.17, 15) is 19.2 Å². The largest absolute Gasteiger partial charge is 0.453 e. The van der Waals surface area contributed by atoms with Gasteiger partial charge in [-0.15, -0.1) is 0 Å². The molecule has 3 atom stereocenters. The number of nitrogens with one attached hydrogen (secondary N) is 4. The molecule has 2 fully saturated rings. The Bertz CT molecular complexity index is 1990. The number of amides is 4. The molecular formula is C39H44N8O6. The number of likely N-dealkylation sites (tertiary alicyclic amines) is 2. The number of methoxy groups -OCH3 is 2. The summed E-state index contributed by atoms with van der Waals surface area (Å²) in [7, 11) is 2.54. The van der Waals surface area contributed by atoms with Crippen LogP contribution in [0, 0.1) is 17.8 Å². The molecule has 0 radical (unpaired) electrons. The topological polar surface area (TPSA) is 175 Å². The van der Waals surface area contributed by atoms with Gasteiger partial charge in [-0.2, -0.15) is 0 Å². The van der Waals surface area contributed by atoms with Gasteiger partial charge in [-0.3, -0.25) is 9.59 Å². The maximum atomic E-state index is 13.5. The molecule has 4 N–H and O–H groups in total. The van der Waals surface area contributed by atoms with Gasteiger partial charge in [0, 0.05) is 24.2 Å². The van der Waals surface area contributed by atoms with Crippen LogP contribution < -0.4 is 10.6 Å². The number of benzene rings is 2. The highest BCUT2D eigenvalue weighted by molar-refractivity contribution is 5.86. The van der Waals surface area contributed by atoms with Crippen molar-refractivity contribution in [3.63, 3.8) is 0 Å². The molecule has 4 amide bonds. The number of aromatic nitrogens is 4. The average Bonchev–Trinajstić information content (AvgIpc) is 4.01. The second kappa shape index (κ2) is 16.5. The summed E-state index contributed by atoms with van der Waals surface area (Å²) in [6.45, 7) is 4.85. The van der Waals surface area contributed by atoms with Crippen LogP contribution in [0.25, 0.3) is 22.5 Å². The van der Waals surface area contributed by atoms with Crippen molar-refractivity contribution in [2.75, 3.05) is 33.9 Å². The van der Waals surface area contributed by atoms with E-state index in [-0.39, 0.29) is 36.4 Å². The fraction of sp³-hybridized carbons (Fsp3) is 0.385. The Hall–Kier alpha value is -6.10. The van der Waals surface area contributed by atoms with Crippen LogP contribution in [0.3, 0.4) is 0 Å². The number of ether oxygens (including phenoxy) is 2. The third-order valence-electron chi connectivity index (χ3n) is 9.64. The van der Waals surface area contributed by atoms with Crippen molar-refractivity contribution in [3.05, 3.63) is 83.7 Å². The van der Waals surface area contributed by atoms with Gasteiger partial charge in [-0.25, -0.2) is 19.6 Å². The van der Waals surface area contributed by atoms with Gasteiger partial charge in [0.15, 0.2) is 0 Å². The minimum absolute atomic E-state index is 0.105. The Labute approximate surface area is 308 Å². The van der Waals surface area contributed by atoms with E-state index in [0.29, 0.717) is 24.7 Å². The van der Waals surface area contributed by atoms with Crippen LogP contribution in [-0.2, 0) is 19.1 Å². The van der Waals surface area contributed by atoms with Gasteiger partial charge in [0.1, 0.15) is 24.2 Å². The maximum absolute atomic E-state index is 13.5. The van der Waals surface area contributed by atoms with Crippen molar-refractivity contribution in [3.8, 4) is 34.4 Å². The summed E-state index contributed by atoms with van der Waals surface area (Å²) in [5.41, 5.74) is 5.29. The number of aromatic amines is 2. The zero-order valence-corrected chi connectivity index (χ0v) is 30.3. The van der Waals surface area contributed by atoms with Crippen molar-refractivity contribution in [2.24, 2.45) is 5.92 Å². The highest BCUT2D eigenvalue weighted by Crippen LogP contribution is 2.33. The van der Waals surface area contributed by atoms with Gasteiger partial charge < -0.3 is 39.9 Å². The molecule has 6 rings (SSSR count). The lowest BCUT2D eigenvalue weighted by molar-refractivity contribution is -0.135. The smallest absolute Gasteiger partial charge is 0.407 e. The number of hydrogen-bond donors (Lipinski definition) is 4. The lowest BCUT2D eigenvalue weighted by atomic mass is 10.0. The molecule has 4 heterocycles. The summed E-state index contributed by atoms with van der Waals surface area (Å²) in [5, 5.41) is 5.13. The zero-order valence-electron chi connectivity index (χ0n) is 30.3. The second-order valence-electron chi connectivity index (χ2n) is 13.4. The molecule has 2 aromatic heterocycles. The van der Waals surface area contributed by atoms with E-state index in [1.54, 1.807) is 22.2 Å². The number of H-pyrrole nitrogens is 2. The summed E-state index contributed by atoms with van der Waals surface area (Å²) >= 11 is 0. The molecule has 2 aliphatic rings. The second-order valence-corrected chi connectivity index (χ2v) is 13.4. The summed E-state index contributed by atoms with van der Waals surface area (Å²) in [6.07, 6.45) is 5.54. The molecule has 14 nitrogen and oxygen atoms in total. The fourth-order valence-electron chi connectivity index (χ4n) is 6.78. The Morgan fingerprint density at radius 3 is 1.75 bits per heavy atom. The van der Waals surface area contributed by atoms with E-state index >= 15 is 0 Å². The van der Waals surface area contributed by atoms with Crippen molar-refractivity contribution in [2.45, 2.75) is 57.7 Å². The van der Waals surface area contributed by atoms with Gasteiger partial charge in [0.2, 0.25) is 11.8 Å². The lowest BCUT2D eigenvalue weighted by Crippen LogP contribution is -2.51. The molecule has 53 heavy (non-hydrogen) atoms. The molecule has 3 unspecified atom stereocenters. The number of alkyl carbamates (subject to hydrolysis) is 2. The predicted molar refractivity (Wildman–Crippen MR) is 196 cm³/mol. The molecule has 14 heteroatoms. The summed E-state index contributed by atoms with van der Waals surface area (Å²) in [5.74, 6) is 7.45. The molecule has 276 valence electrons.